The van der Waals surface area contributed by atoms with Crippen LogP contribution >= 0.6 is 15.9 Å². The van der Waals surface area contributed by atoms with Crippen LogP contribution in [0.25, 0.3) is 0 Å². The number of likely N-dealkylation sites (N-methyl/N-ethyl adjacent to an activating group) is 1. The lowest BCUT2D eigenvalue weighted by Crippen LogP contribution is -2.24. The van der Waals surface area contributed by atoms with Crippen molar-refractivity contribution in [2.24, 2.45) is 0 Å². The van der Waals surface area contributed by atoms with E-state index in [4.69, 9.17) is 4.74 Å². The average Bonchev–Trinajstić information content (AvgIpc) is 2.14. The molecule has 4 heteroatoms. The van der Waals surface area contributed by atoms with Crippen LogP contribution in [-0.2, 0) is 4.79 Å². The van der Waals surface area contributed by atoms with E-state index in [0.717, 1.165) is 4.47 Å². The molecule has 1 aromatic carbocycles. The SMILES string of the molecule is CNC(=O)COc1cccc(Br)c1. The normalized spacial score (nSPS) is 9.38. The molecular formula is C9H10BrNO2. The second-order valence-corrected chi connectivity index (χ2v) is 3.33. The summed E-state index contributed by atoms with van der Waals surface area (Å²) < 4.78 is 6.13. The van der Waals surface area contributed by atoms with Crippen LogP contribution in [0, 0.1) is 0 Å². The van der Waals surface area contributed by atoms with Crippen LogP contribution < -0.4 is 10.1 Å². The third kappa shape index (κ3) is 3.46. The van der Waals surface area contributed by atoms with Gasteiger partial charge in [0, 0.05) is 11.5 Å². The molecule has 0 radical (unpaired) electrons. The van der Waals surface area contributed by atoms with Gasteiger partial charge in [-0.05, 0) is 18.2 Å². The molecular weight excluding hydrogens is 234 g/mol. The second-order valence-electron chi connectivity index (χ2n) is 2.42. The number of carbonyl (C=O) groups is 1. The van der Waals surface area contributed by atoms with Crippen LogP contribution in [0.3, 0.4) is 0 Å². The van der Waals surface area contributed by atoms with Crippen LogP contribution in [0.5, 0.6) is 5.75 Å². The summed E-state index contributed by atoms with van der Waals surface area (Å²) in [5, 5.41) is 2.47. The van der Waals surface area contributed by atoms with Crippen LogP contribution in [0.4, 0.5) is 0 Å². The summed E-state index contributed by atoms with van der Waals surface area (Å²) in [6, 6.07) is 7.35. The minimum atomic E-state index is -0.139. The van der Waals surface area contributed by atoms with Crippen LogP contribution in [-0.4, -0.2) is 19.6 Å². The minimum Gasteiger partial charge on any atom is -0.484 e. The van der Waals surface area contributed by atoms with Gasteiger partial charge in [-0.3, -0.25) is 4.79 Å². The Morgan fingerprint density at radius 3 is 3.00 bits per heavy atom. The minimum absolute atomic E-state index is 0.0486. The number of ether oxygens (including phenoxy) is 1. The van der Waals surface area contributed by atoms with Gasteiger partial charge >= 0.3 is 0 Å². The van der Waals surface area contributed by atoms with Gasteiger partial charge in [-0.2, -0.15) is 0 Å². The lowest BCUT2D eigenvalue weighted by molar-refractivity contribution is -0.122. The Balaban J connectivity index is 2.50. The smallest absolute Gasteiger partial charge is 0.257 e. The molecule has 0 aliphatic rings. The van der Waals surface area contributed by atoms with E-state index in [1.807, 2.05) is 18.2 Å². The molecule has 0 spiro atoms. The number of carbonyl (C=O) groups excluding carboxylic acids is 1. The molecule has 0 aliphatic heterocycles. The molecule has 0 bridgehead atoms. The lowest BCUT2D eigenvalue weighted by Gasteiger charge is -2.04. The molecule has 70 valence electrons. The van der Waals surface area contributed by atoms with Gasteiger partial charge < -0.3 is 10.1 Å². The van der Waals surface area contributed by atoms with Crippen LogP contribution in [0.2, 0.25) is 0 Å². The molecule has 1 N–H and O–H groups in total. The topological polar surface area (TPSA) is 38.3 Å². The molecule has 0 fully saturated rings. The van der Waals surface area contributed by atoms with E-state index in [9.17, 15) is 4.79 Å². The zero-order chi connectivity index (χ0) is 9.68. The first kappa shape index (κ1) is 10.1. The maximum Gasteiger partial charge on any atom is 0.257 e. The molecule has 13 heavy (non-hydrogen) atoms. The molecule has 0 saturated carbocycles. The van der Waals surface area contributed by atoms with Crippen molar-refractivity contribution < 1.29 is 9.53 Å². The predicted molar refractivity (Wildman–Crippen MR) is 53.7 cm³/mol. The van der Waals surface area contributed by atoms with Crippen molar-refractivity contribution >= 4 is 21.8 Å². The fourth-order valence-corrected chi connectivity index (χ4v) is 1.16. The molecule has 3 nitrogen and oxygen atoms in total. The molecule has 0 aromatic heterocycles. The Morgan fingerprint density at radius 2 is 2.38 bits per heavy atom. The maximum absolute atomic E-state index is 10.8. The van der Waals surface area contributed by atoms with E-state index in [1.54, 1.807) is 13.1 Å². The predicted octanol–water partition coefficient (Wildman–Crippen LogP) is 1.57. The highest BCUT2D eigenvalue weighted by atomic mass is 79.9. The van der Waals surface area contributed by atoms with Gasteiger partial charge in [-0.1, -0.05) is 22.0 Å². The molecule has 0 atom stereocenters. The highest BCUT2D eigenvalue weighted by molar-refractivity contribution is 9.10. The first-order chi connectivity index (χ1) is 6.22. The highest BCUT2D eigenvalue weighted by Gasteiger charge is 1.99. The summed E-state index contributed by atoms with van der Waals surface area (Å²) in [5.41, 5.74) is 0. The summed E-state index contributed by atoms with van der Waals surface area (Å²) in [4.78, 5) is 10.8. The van der Waals surface area contributed by atoms with E-state index in [1.165, 1.54) is 0 Å². The summed E-state index contributed by atoms with van der Waals surface area (Å²) >= 11 is 3.31. The van der Waals surface area contributed by atoms with Crippen molar-refractivity contribution in [2.45, 2.75) is 0 Å². The Labute approximate surface area is 85.2 Å². The number of hydrogen-bond donors (Lipinski definition) is 1. The van der Waals surface area contributed by atoms with Crippen molar-refractivity contribution in [2.75, 3.05) is 13.7 Å². The van der Waals surface area contributed by atoms with Crippen molar-refractivity contribution in [1.29, 1.82) is 0 Å². The van der Waals surface area contributed by atoms with Gasteiger partial charge in [0.15, 0.2) is 6.61 Å². The molecule has 1 rings (SSSR count). The zero-order valence-corrected chi connectivity index (χ0v) is 8.80. The van der Waals surface area contributed by atoms with Crippen molar-refractivity contribution in [3.8, 4) is 5.75 Å². The first-order valence-electron chi connectivity index (χ1n) is 3.81. The van der Waals surface area contributed by atoms with Gasteiger partial charge in [0.25, 0.3) is 5.91 Å². The summed E-state index contributed by atoms with van der Waals surface area (Å²) in [5.74, 6) is 0.540. The standard InChI is InChI=1S/C9H10BrNO2/c1-11-9(12)6-13-8-4-2-3-7(10)5-8/h2-5H,6H2,1H3,(H,11,12). The number of amides is 1. The average molecular weight is 244 g/mol. The third-order valence-electron chi connectivity index (χ3n) is 1.44. The quantitative estimate of drug-likeness (QED) is 0.876. The Bertz CT molecular complexity index is 301. The maximum atomic E-state index is 10.8. The molecule has 0 saturated heterocycles. The summed E-state index contributed by atoms with van der Waals surface area (Å²) in [6.45, 7) is 0.0486. The molecule has 1 aromatic rings. The first-order valence-corrected chi connectivity index (χ1v) is 4.60. The number of nitrogens with one attached hydrogen (secondary N) is 1. The Morgan fingerprint density at radius 1 is 1.62 bits per heavy atom. The largest absolute Gasteiger partial charge is 0.484 e. The molecule has 0 heterocycles. The number of halogens is 1. The van der Waals surface area contributed by atoms with E-state index >= 15 is 0 Å². The van der Waals surface area contributed by atoms with Crippen LogP contribution in [0.15, 0.2) is 28.7 Å². The lowest BCUT2D eigenvalue weighted by atomic mass is 10.3. The zero-order valence-electron chi connectivity index (χ0n) is 7.21. The highest BCUT2D eigenvalue weighted by Crippen LogP contribution is 2.17. The van der Waals surface area contributed by atoms with Crippen molar-refractivity contribution in [3.05, 3.63) is 28.7 Å². The van der Waals surface area contributed by atoms with Crippen LogP contribution in [0.1, 0.15) is 0 Å². The third-order valence-corrected chi connectivity index (χ3v) is 1.94. The molecule has 0 aliphatic carbocycles. The van der Waals surface area contributed by atoms with Gasteiger partial charge in [-0.25, -0.2) is 0 Å². The van der Waals surface area contributed by atoms with Crippen molar-refractivity contribution in [1.82, 2.24) is 5.32 Å². The second kappa shape index (κ2) is 4.87. The number of rotatable bonds is 3. The summed E-state index contributed by atoms with van der Waals surface area (Å²) in [7, 11) is 1.58. The van der Waals surface area contributed by atoms with E-state index in [2.05, 4.69) is 21.2 Å². The number of benzene rings is 1. The Hall–Kier alpha value is -1.03. The number of hydrogen-bond acceptors (Lipinski definition) is 2. The Kier molecular flexibility index (Phi) is 3.76. The van der Waals surface area contributed by atoms with Gasteiger partial charge in [0.1, 0.15) is 5.75 Å². The van der Waals surface area contributed by atoms with Gasteiger partial charge in [0.2, 0.25) is 0 Å². The van der Waals surface area contributed by atoms with E-state index in [0.29, 0.717) is 5.75 Å². The summed E-state index contributed by atoms with van der Waals surface area (Å²) in [6.07, 6.45) is 0. The molecule has 1 amide bonds. The monoisotopic (exact) mass is 243 g/mol. The van der Waals surface area contributed by atoms with E-state index < -0.39 is 0 Å². The molecule has 0 unspecified atom stereocenters. The van der Waals surface area contributed by atoms with E-state index in [-0.39, 0.29) is 12.5 Å². The fourth-order valence-electron chi connectivity index (χ4n) is 0.778. The van der Waals surface area contributed by atoms with Crippen molar-refractivity contribution in [3.63, 3.8) is 0 Å². The van der Waals surface area contributed by atoms with Gasteiger partial charge in [0.05, 0.1) is 0 Å². The van der Waals surface area contributed by atoms with Gasteiger partial charge in [-0.15, -0.1) is 0 Å². The fraction of sp³-hybridized carbons (Fsp3) is 0.222.